The average Bonchev–Trinajstić information content (AvgIpc) is 2.52. The van der Waals surface area contributed by atoms with Crippen molar-refractivity contribution in [2.45, 2.75) is 65.5 Å². The minimum Gasteiger partial charge on any atom is -0.497 e. The Morgan fingerprint density at radius 2 is 1.24 bits per heavy atom. The van der Waals surface area contributed by atoms with E-state index in [2.05, 4.69) is 103 Å². The zero-order valence-electron chi connectivity index (χ0n) is 17.2. The molecular weight excluding hydrogens is 320 g/mol. The van der Waals surface area contributed by atoms with E-state index in [1.165, 1.54) is 16.3 Å². The summed E-state index contributed by atoms with van der Waals surface area (Å²) in [5.41, 5.74) is 2.92. The van der Waals surface area contributed by atoms with Crippen LogP contribution in [0, 0.1) is 0 Å². The molecule has 0 atom stereocenters. The maximum Gasteiger partial charge on any atom is 0.124 e. The summed E-state index contributed by atoms with van der Waals surface area (Å²) in [5.74, 6) is 1.01. The molecule has 0 fully saturated rings. The fourth-order valence-electron chi connectivity index (χ4n) is 2.78. The Hall–Kier alpha value is -1.54. The Labute approximate surface area is 155 Å². The predicted molar refractivity (Wildman–Crippen MR) is 113 cm³/mol. The van der Waals surface area contributed by atoms with Crippen LogP contribution in [0.4, 0.5) is 0 Å². The van der Waals surface area contributed by atoms with Crippen molar-refractivity contribution in [1.29, 1.82) is 0 Å². The minimum absolute atomic E-state index is 0.117. The summed E-state index contributed by atoms with van der Waals surface area (Å²) < 4.78 is 6.36. The van der Waals surface area contributed by atoms with Crippen LogP contribution in [0.15, 0.2) is 48.5 Å². The summed E-state index contributed by atoms with van der Waals surface area (Å²) in [6.45, 7) is 18.3. The monoisotopic (exact) mass is 354 g/mol. The topological polar surface area (TPSA) is 9.23 Å². The number of benzene rings is 2. The van der Waals surface area contributed by atoms with Gasteiger partial charge in [0.05, 0.1) is 6.23 Å². The van der Waals surface area contributed by atoms with Crippen LogP contribution in [-0.4, -0.2) is 14.3 Å². The summed E-state index contributed by atoms with van der Waals surface area (Å²) >= 11 is 0. The SMILES string of the molecule is CC(C)(C)c1cc(OC[Si](C)(C)c2ccccc2)cc(C(C)(C)C)c1. The van der Waals surface area contributed by atoms with Gasteiger partial charge in [0.25, 0.3) is 0 Å². The van der Waals surface area contributed by atoms with Crippen molar-refractivity contribution in [3.8, 4) is 5.75 Å². The van der Waals surface area contributed by atoms with Crippen LogP contribution in [0.1, 0.15) is 52.7 Å². The lowest BCUT2D eigenvalue weighted by molar-refractivity contribution is 0.376. The van der Waals surface area contributed by atoms with Gasteiger partial charge in [0, 0.05) is 0 Å². The molecule has 0 heterocycles. The van der Waals surface area contributed by atoms with E-state index in [0.29, 0.717) is 0 Å². The minimum atomic E-state index is -1.61. The van der Waals surface area contributed by atoms with Gasteiger partial charge in [0.1, 0.15) is 13.8 Å². The third-order valence-electron chi connectivity index (χ3n) is 4.79. The van der Waals surface area contributed by atoms with Crippen LogP contribution >= 0.6 is 0 Å². The van der Waals surface area contributed by atoms with Crippen molar-refractivity contribution < 1.29 is 4.74 Å². The van der Waals surface area contributed by atoms with Gasteiger partial charge in [-0.2, -0.15) is 0 Å². The smallest absolute Gasteiger partial charge is 0.124 e. The molecule has 0 spiro atoms. The first-order valence-electron chi connectivity index (χ1n) is 9.24. The van der Waals surface area contributed by atoms with E-state index in [1.54, 1.807) is 0 Å². The van der Waals surface area contributed by atoms with Crippen LogP contribution in [0.5, 0.6) is 5.75 Å². The van der Waals surface area contributed by atoms with E-state index in [1.807, 2.05) is 0 Å². The Bertz CT molecular complexity index is 671. The average molecular weight is 355 g/mol. The fourth-order valence-corrected chi connectivity index (χ4v) is 4.57. The third-order valence-corrected chi connectivity index (χ3v) is 7.56. The summed E-state index contributed by atoms with van der Waals surface area (Å²) in [6, 6.07) is 17.6. The molecule has 0 aliphatic rings. The summed E-state index contributed by atoms with van der Waals surface area (Å²) in [4.78, 5) is 0. The molecular formula is C23H34OSi. The number of hydrogen-bond donors (Lipinski definition) is 0. The standard InChI is InChI=1S/C23H34OSi/c1-22(2,3)18-14-19(23(4,5)6)16-20(15-18)24-17-25(7,8)21-12-10-9-11-13-21/h9-16H,17H2,1-8H3. The second kappa shape index (κ2) is 6.99. The Balaban J connectivity index is 2.30. The van der Waals surface area contributed by atoms with Gasteiger partial charge in [-0.1, -0.05) is 96.2 Å². The molecule has 2 aromatic carbocycles. The maximum absolute atomic E-state index is 6.36. The number of ether oxygens (including phenoxy) is 1. The molecule has 0 radical (unpaired) electrons. The van der Waals surface area contributed by atoms with Crippen molar-refractivity contribution in [2.24, 2.45) is 0 Å². The van der Waals surface area contributed by atoms with Crippen molar-refractivity contribution in [2.75, 3.05) is 6.23 Å². The zero-order chi connectivity index (χ0) is 18.9. The predicted octanol–water partition coefficient (Wildman–Crippen LogP) is 5.82. The van der Waals surface area contributed by atoms with Crippen molar-refractivity contribution in [3.63, 3.8) is 0 Å². The van der Waals surface area contributed by atoms with Crippen molar-refractivity contribution in [3.05, 3.63) is 59.7 Å². The molecule has 0 saturated heterocycles. The highest BCUT2D eigenvalue weighted by Crippen LogP contribution is 2.33. The van der Waals surface area contributed by atoms with Gasteiger partial charge in [-0.25, -0.2) is 0 Å². The molecule has 0 unspecified atom stereocenters. The second-order valence-corrected chi connectivity index (χ2v) is 14.4. The Kier molecular flexibility index (Phi) is 5.53. The molecule has 0 N–H and O–H groups in total. The molecule has 0 saturated carbocycles. The van der Waals surface area contributed by atoms with Gasteiger partial charge in [0.15, 0.2) is 0 Å². The first-order valence-corrected chi connectivity index (χ1v) is 12.4. The molecule has 0 aliphatic heterocycles. The molecule has 1 nitrogen and oxygen atoms in total. The molecule has 136 valence electrons. The van der Waals surface area contributed by atoms with E-state index < -0.39 is 8.07 Å². The van der Waals surface area contributed by atoms with E-state index >= 15 is 0 Å². The number of hydrogen-bond acceptors (Lipinski definition) is 1. The number of rotatable bonds is 4. The van der Waals surface area contributed by atoms with Gasteiger partial charge >= 0.3 is 0 Å². The molecule has 0 aromatic heterocycles. The fraction of sp³-hybridized carbons (Fsp3) is 0.478. The van der Waals surface area contributed by atoms with E-state index in [9.17, 15) is 0 Å². The lowest BCUT2D eigenvalue weighted by Gasteiger charge is -2.28. The van der Waals surface area contributed by atoms with E-state index in [-0.39, 0.29) is 10.8 Å². The van der Waals surface area contributed by atoms with Gasteiger partial charge < -0.3 is 4.74 Å². The summed E-state index contributed by atoms with van der Waals surface area (Å²) in [7, 11) is -1.61. The highest BCUT2D eigenvalue weighted by molar-refractivity contribution is 6.89. The third kappa shape index (κ3) is 5.21. The first kappa shape index (κ1) is 19.8. The van der Waals surface area contributed by atoms with Crippen LogP contribution in [-0.2, 0) is 10.8 Å². The molecule has 0 aliphatic carbocycles. The highest BCUT2D eigenvalue weighted by atomic mass is 28.3. The van der Waals surface area contributed by atoms with Gasteiger partial charge in [-0.05, 0) is 34.1 Å². The van der Waals surface area contributed by atoms with Gasteiger partial charge in [0.2, 0.25) is 0 Å². The Morgan fingerprint density at radius 3 is 1.68 bits per heavy atom. The van der Waals surface area contributed by atoms with Gasteiger partial charge in [-0.3, -0.25) is 0 Å². The quantitative estimate of drug-likeness (QED) is 0.629. The molecule has 0 amide bonds. The summed E-state index contributed by atoms with van der Waals surface area (Å²) in [5, 5.41) is 1.44. The molecule has 25 heavy (non-hydrogen) atoms. The lowest BCUT2D eigenvalue weighted by atomic mass is 9.80. The van der Waals surface area contributed by atoms with Crippen LogP contribution in [0.2, 0.25) is 13.1 Å². The summed E-state index contributed by atoms with van der Waals surface area (Å²) in [6.07, 6.45) is 0.800. The molecule has 2 rings (SSSR count). The van der Waals surface area contributed by atoms with Crippen molar-refractivity contribution >= 4 is 13.3 Å². The second-order valence-electron chi connectivity index (χ2n) is 9.78. The highest BCUT2D eigenvalue weighted by Gasteiger charge is 2.26. The molecule has 2 aromatic rings. The first-order chi connectivity index (χ1) is 11.4. The van der Waals surface area contributed by atoms with Gasteiger partial charge in [-0.15, -0.1) is 0 Å². The molecule has 0 bridgehead atoms. The largest absolute Gasteiger partial charge is 0.497 e. The van der Waals surface area contributed by atoms with Crippen LogP contribution in [0.3, 0.4) is 0 Å². The zero-order valence-corrected chi connectivity index (χ0v) is 18.2. The van der Waals surface area contributed by atoms with Crippen molar-refractivity contribution in [1.82, 2.24) is 0 Å². The molecule has 2 heteroatoms. The van der Waals surface area contributed by atoms with Crippen LogP contribution < -0.4 is 9.92 Å². The normalized spacial score (nSPS) is 13.0. The lowest BCUT2D eigenvalue weighted by Crippen LogP contribution is -2.47. The maximum atomic E-state index is 6.36. The van der Waals surface area contributed by atoms with E-state index in [0.717, 1.165) is 12.0 Å². The Morgan fingerprint density at radius 1 is 0.760 bits per heavy atom. The van der Waals surface area contributed by atoms with E-state index in [4.69, 9.17) is 4.74 Å². The van der Waals surface area contributed by atoms with Crippen LogP contribution in [0.25, 0.3) is 0 Å².